The lowest BCUT2D eigenvalue weighted by Crippen LogP contribution is -2.29. The highest BCUT2D eigenvalue weighted by molar-refractivity contribution is 6.02. The number of rotatable bonds is 3. The molecule has 0 radical (unpaired) electrons. The number of carbonyl (C=O) groups excluding carboxylic acids is 1. The molecule has 0 saturated heterocycles. The van der Waals surface area contributed by atoms with E-state index in [1.54, 1.807) is 0 Å². The summed E-state index contributed by atoms with van der Waals surface area (Å²) in [5, 5.41) is 0. The molecule has 1 saturated carbocycles. The number of carbonyl (C=O) groups is 1. The van der Waals surface area contributed by atoms with E-state index in [-0.39, 0.29) is 11.3 Å². The van der Waals surface area contributed by atoms with Gasteiger partial charge in [-0.25, -0.2) is 0 Å². The molecule has 2 aliphatic carbocycles. The standard InChI is InChI=1S/C24H26O/c1-2-24-15-9-14-22(24)23(25)16-20(18-10-5-3-6-11-18)21(17-24)19-12-7-4-8-13-19/h3-8,10-13,22H,2,9,14-17H2,1H3/t22-,24+/m0/s1. The van der Waals surface area contributed by atoms with Crippen LogP contribution >= 0.6 is 0 Å². The molecule has 4 rings (SSSR count). The van der Waals surface area contributed by atoms with E-state index in [9.17, 15) is 4.79 Å². The van der Waals surface area contributed by atoms with Crippen LogP contribution in [0.2, 0.25) is 0 Å². The zero-order valence-corrected chi connectivity index (χ0v) is 15.0. The first-order valence-corrected chi connectivity index (χ1v) is 9.59. The van der Waals surface area contributed by atoms with Gasteiger partial charge < -0.3 is 0 Å². The molecule has 2 aromatic rings. The second kappa shape index (κ2) is 6.63. The molecule has 1 nitrogen and oxygen atoms in total. The van der Waals surface area contributed by atoms with Gasteiger partial charge in [0.1, 0.15) is 5.78 Å². The van der Waals surface area contributed by atoms with Crippen LogP contribution in [0.4, 0.5) is 0 Å². The molecule has 0 aliphatic heterocycles. The minimum Gasteiger partial charge on any atom is -0.299 e. The molecular formula is C24H26O. The Labute approximate surface area is 150 Å². The van der Waals surface area contributed by atoms with E-state index in [1.165, 1.54) is 35.1 Å². The number of hydrogen-bond donors (Lipinski definition) is 0. The number of hydrogen-bond acceptors (Lipinski definition) is 1. The van der Waals surface area contributed by atoms with Crippen LogP contribution in [0.3, 0.4) is 0 Å². The fraction of sp³-hybridized carbons (Fsp3) is 0.375. The first-order chi connectivity index (χ1) is 12.2. The molecule has 1 fully saturated rings. The number of benzene rings is 2. The summed E-state index contributed by atoms with van der Waals surface area (Å²) in [6.45, 7) is 2.28. The fourth-order valence-electron chi connectivity index (χ4n) is 5.10. The van der Waals surface area contributed by atoms with Crippen molar-refractivity contribution in [3.63, 3.8) is 0 Å². The van der Waals surface area contributed by atoms with Gasteiger partial charge in [0, 0.05) is 12.3 Å². The minimum absolute atomic E-state index is 0.165. The molecule has 2 aromatic carbocycles. The molecule has 0 bridgehead atoms. The molecule has 0 spiro atoms. The van der Waals surface area contributed by atoms with Crippen LogP contribution in [0.1, 0.15) is 56.6 Å². The smallest absolute Gasteiger partial charge is 0.140 e. The normalized spacial score (nSPS) is 26.4. The second-order valence-electron chi connectivity index (χ2n) is 7.67. The molecule has 0 N–H and O–H groups in total. The Kier molecular flexibility index (Phi) is 4.33. The molecule has 0 amide bonds. The number of fused-ring (bicyclic) bond motifs is 1. The summed E-state index contributed by atoms with van der Waals surface area (Å²) >= 11 is 0. The van der Waals surface area contributed by atoms with Gasteiger partial charge in [0.05, 0.1) is 0 Å². The highest BCUT2D eigenvalue weighted by Crippen LogP contribution is 2.55. The Bertz CT molecular complexity index is 787. The van der Waals surface area contributed by atoms with E-state index in [0.717, 1.165) is 19.3 Å². The lowest BCUT2D eigenvalue weighted by molar-refractivity contribution is -0.124. The zero-order chi connectivity index (χ0) is 17.3. The quantitative estimate of drug-likeness (QED) is 0.659. The van der Waals surface area contributed by atoms with Crippen LogP contribution < -0.4 is 0 Å². The third-order valence-electron chi connectivity index (χ3n) is 6.49. The van der Waals surface area contributed by atoms with Crippen molar-refractivity contribution in [1.29, 1.82) is 0 Å². The van der Waals surface area contributed by atoms with Gasteiger partial charge >= 0.3 is 0 Å². The fourth-order valence-corrected chi connectivity index (χ4v) is 5.10. The van der Waals surface area contributed by atoms with Gasteiger partial charge in [-0.15, -0.1) is 0 Å². The number of ketones is 1. The first-order valence-electron chi connectivity index (χ1n) is 9.59. The van der Waals surface area contributed by atoms with Crippen LogP contribution in [-0.2, 0) is 4.79 Å². The van der Waals surface area contributed by atoms with Crippen LogP contribution in [0.25, 0.3) is 11.1 Å². The van der Waals surface area contributed by atoms with Gasteiger partial charge in [-0.3, -0.25) is 4.79 Å². The highest BCUT2D eigenvalue weighted by atomic mass is 16.1. The Morgan fingerprint density at radius 1 is 0.920 bits per heavy atom. The van der Waals surface area contributed by atoms with Gasteiger partial charge in [0.15, 0.2) is 0 Å². The van der Waals surface area contributed by atoms with Crippen molar-refractivity contribution in [2.45, 2.75) is 45.4 Å². The maximum atomic E-state index is 13.2. The topological polar surface area (TPSA) is 17.1 Å². The van der Waals surface area contributed by atoms with E-state index < -0.39 is 0 Å². The third kappa shape index (κ3) is 2.86. The maximum absolute atomic E-state index is 13.2. The summed E-state index contributed by atoms with van der Waals surface area (Å²) in [7, 11) is 0. The number of Topliss-reactive ketones (excluding diaryl/α,β-unsaturated/α-hetero) is 1. The molecule has 2 aliphatic rings. The van der Waals surface area contributed by atoms with Gasteiger partial charge in [0.25, 0.3) is 0 Å². The third-order valence-corrected chi connectivity index (χ3v) is 6.49. The van der Waals surface area contributed by atoms with E-state index in [1.807, 2.05) is 6.07 Å². The maximum Gasteiger partial charge on any atom is 0.140 e. The van der Waals surface area contributed by atoms with E-state index in [4.69, 9.17) is 0 Å². The molecular weight excluding hydrogens is 304 g/mol. The van der Waals surface area contributed by atoms with Gasteiger partial charge in [0.2, 0.25) is 0 Å². The van der Waals surface area contributed by atoms with Crippen molar-refractivity contribution < 1.29 is 4.79 Å². The zero-order valence-electron chi connectivity index (χ0n) is 15.0. The van der Waals surface area contributed by atoms with Crippen LogP contribution in [0, 0.1) is 11.3 Å². The second-order valence-corrected chi connectivity index (χ2v) is 7.67. The predicted octanol–water partition coefficient (Wildman–Crippen LogP) is 6.16. The summed E-state index contributed by atoms with van der Waals surface area (Å²) in [6, 6.07) is 21.2. The Hall–Kier alpha value is -2.15. The Balaban J connectivity index is 1.91. The van der Waals surface area contributed by atoms with E-state index in [0.29, 0.717) is 12.2 Å². The van der Waals surface area contributed by atoms with Crippen molar-refractivity contribution in [2.75, 3.05) is 0 Å². The summed E-state index contributed by atoms with van der Waals surface area (Å²) in [5.74, 6) is 0.710. The van der Waals surface area contributed by atoms with Crippen LogP contribution in [0.15, 0.2) is 60.7 Å². The Morgan fingerprint density at radius 3 is 2.12 bits per heavy atom. The molecule has 0 unspecified atom stereocenters. The Morgan fingerprint density at radius 2 is 1.52 bits per heavy atom. The molecule has 128 valence electrons. The van der Waals surface area contributed by atoms with Crippen molar-refractivity contribution in [2.24, 2.45) is 11.3 Å². The molecule has 1 heteroatoms. The van der Waals surface area contributed by atoms with Crippen molar-refractivity contribution >= 4 is 16.9 Å². The lowest BCUT2D eigenvalue weighted by atomic mass is 9.70. The summed E-state index contributed by atoms with van der Waals surface area (Å²) in [5.41, 5.74) is 5.31. The molecule has 25 heavy (non-hydrogen) atoms. The van der Waals surface area contributed by atoms with Crippen molar-refractivity contribution in [3.05, 3.63) is 71.8 Å². The van der Waals surface area contributed by atoms with Gasteiger partial charge in [-0.05, 0) is 53.4 Å². The summed E-state index contributed by atoms with van der Waals surface area (Å²) < 4.78 is 0. The van der Waals surface area contributed by atoms with E-state index in [2.05, 4.69) is 61.5 Å². The molecule has 0 heterocycles. The van der Waals surface area contributed by atoms with Gasteiger partial charge in [-0.1, -0.05) is 74.0 Å². The average Bonchev–Trinajstić information content (AvgIpc) is 3.05. The highest BCUT2D eigenvalue weighted by Gasteiger charge is 2.47. The summed E-state index contributed by atoms with van der Waals surface area (Å²) in [6.07, 6.45) is 6.19. The van der Waals surface area contributed by atoms with E-state index >= 15 is 0 Å². The largest absolute Gasteiger partial charge is 0.299 e. The number of allylic oxidation sites excluding steroid dienone is 2. The van der Waals surface area contributed by atoms with Crippen molar-refractivity contribution in [1.82, 2.24) is 0 Å². The average molecular weight is 330 g/mol. The molecule has 0 aromatic heterocycles. The van der Waals surface area contributed by atoms with Crippen LogP contribution in [-0.4, -0.2) is 5.78 Å². The van der Waals surface area contributed by atoms with Gasteiger partial charge in [-0.2, -0.15) is 0 Å². The minimum atomic E-state index is 0.165. The van der Waals surface area contributed by atoms with Crippen molar-refractivity contribution in [3.8, 4) is 0 Å². The molecule has 2 atom stereocenters. The predicted molar refractivity (Wildman–Crippen MR) is 104 cm³/mol. The monoisotopic (exact) mass is 330 g/mol. The lowest BCUT2D eigenvalue weighted by Gasteiger charge is -2.33. The summed E-state index contributed by atoms with van der Waals surface area (Å²) in [4.78, 5) is 13.2. The SMILES string of the molecule is CC[C@]12CCC[C@H]1C(=O)CC(c1ccccc1)=C(c1ccccc1)C2. The van der Waals surface area contributed by atoms with Crippen LogP contribution in [0.5, 0.6) is 0 Å². The first kappa shape index (κ1) is 16.3.